The monoisotopic (exact) mass is 217 g/mol. The molecule has 1 saturated carbocycles. The van der Waals surface area contributed by atoms with Crippen molar-refractivity contribution in [2.24, 2.45) is 0 Å². The fourth-order valence-electron chi connectivity index (χ4n) is 2.75. The minimum Gasteiger partial charge on any atom is -0.313 e. The molecule has 0 saturated heterocycles. The Hall–Kier alpha value is -0.820. The molecule has 1 N–H and O–H groups in total. The first-order chi connectivity index (χ1) is 7.81. The highest BCUT2D eigenvalue weighted by Gasteiger charge is 2.27. The van der Waals surface area contributed by atoms with E-state index in [1.54, 1.807) is 0 Å². The first-order valence-corrected chi connectivity index (χ1v) is 6.61. The first-order valence-electron chi connectivity index (χ1n) is 6.61. The standard InChI is InChI=1S/C15H23N/c1-3-11-16-15-6-4-5-14(15)13-9-7-12(2)8-10-13/h7-10,14-16H,3-6,11H2,1-2H3. The molecular formula is C15H23N. The summed E-state index contributed by atoms with van der Waals surface area (Å²) in [5, 5.41) is 3.69. The molecule has 1 nitrogen and oxygen atoms in total. The fourth-order valence-corrected chi connectivity index (χ4v) is 2.75. The predicted molar refractivity (Wildman–Crippen MR) is 69.9 cm³/mol. The maximum atomic E-state index is 3.69. The molecule has 0 amide bonds. The van der Waals surface area contributed by atoms with Crippen molar-refractivity contribution in [3.63, 3.8) is 0 Å². The van der Waals surface area contributed by atoms with Crippen molar-refractivity contribution in [1.29, 1.82) is 0 Å². The van der Waals surface area contributed by atoms with E-state index in [0.29, 0.717) is 6.04 Å². The number of aryl methyl sites for hydroxylation is 1. The summed E-state index contributed by atoms with van der Waals surface area (Å²) in [7, 11) is 0. The van der Waals surface area contributed by atoms with Gasteiger partial charge in [-0.05, 0) is 44.2 Å². The van der Waals surface area contributed by atoms with Gasteiger partial charge in [-0.15, -0.1) is 0 Å². The van der Waals surface area contributed by atoms with E-state index < -0.39 is 0 Å². The highest BCUT2D eigenvalue weighted by Crippen LogP contribution is 2.34. The fraction of sp³-hybridized carbons (Fsp3) is 0.600. The van der Waals surface area contributed by atoms with E-state index in [0.717, 1.165) is 12.5 Å². The normalized spacial score (nSPS) is 24.9. The average Bonchev–Trinajstić information content (AvgIpc) is 2.75. The third-order valence-corrected chi connectivity index (χ3v) is 3.68. The van der Waals surface area contributed by atoms with Crippen LogP contribution in [-0.2, 0) is 0 Å². The van der Waals surface area contributed by atoms with Crippen molar-refractivity contribution in [2.75, 3.05) is 6.54 Å². The van der Waals surface area contributed by atoms with Crippen LogP contribution in [0.15, 0.2) is 24.3 Å². The van der Waals surface area contributed by atoms with E-state index in [-0.39, 0.29) is 0 Å². The van der Waals surface area contributed by atoms with Crippen molar-refractivity contribution in [3.05, 3.63) is 35.4 Å². The van der Waals surface area contributed by atoms with Gasteiger partial charge in [0.25, 0.3) is 0 Å². The second-order valence-corrected chi connectivity index (χ2v) is 5.01. The second kappa shape index (κ2) is 5.49. The van der Waals surface area contributed by atoms with Gasteiger partial charge < -0.3 is 5.32 Å². The molecule has 1 aliphatic carbocycles. The molecule has 1 aromatic rings. The molecule has 2 unspecified atom stereocenters. The molecule has 0 aliphatic heterocycles. The van der Waals surface area contributed by atoms with Crippen LogP contribution in [0, 0.1) is 6.92 Å². The molecule has 2 atom stereocenters. The van der Waals surface area contributed by atoms with Gasteiger partial charge in [0.2, 0.25) is 0 Å². The van der Waals surface area contributed by atoms with Crippen LogP contribution in [-0.4, -0.2) is 12.6 Å². The van der Waals surface area contributed by atoms with E-state index in [2.05, 4.69) is 43.4 Å². The van der Waals surface area contributed by atoms with E-state index in [9.17, 15) is 0 Å². The summed E-state index contributed by atoms with van der Waals surface area (Å²) in [4.78, 5) is 0. The summed E-state index contributed by atoms with van der Waals surface area (Å²) in [5.74, 6) is 0.743. The Balaban J connectivity index is 2.04. The largest absolute Gasteiger partial charge is 0.313 e. The Bertz CT molecular complexity index is 315. The van der Waals surface area contributed by atoms with Gasteiger partial charge in [0.05, 0.1) is 0 Å². The van der Waals surface area contributed by atoms with Crippen molar-refractivity contribution >= 4 is 0 Å². The van der Waals surface area contributed by atoms with E-state index in [1.807, 2.05) is 0 Å². The zero-order chi connectivity index (χ0) is 11.4. The van der Waals surface area contributed by atoms with E-state index in [1.165, 1.54) is 36.8 Å². The zero-order valence-corrected chi connectivity index (χ0v) is 10.5. The van der Waals surface area contributed by atoms with Crippen molar-refractivity contribution in [1.82, 2.24) is 5.32 Å². The maximum absolute atomic E-state index is 3.69. The summed E-state index contributed by atoms with van der Waals surface area (Å²) in [6.07, 6.45) is 5.31. The lowest BCUT2D eigenvalue weighted by Crippen LogP contribution is -2.31. The molecule has 1 aliphatic rings. The number of hydrogen-bond donors (Lipinski definition) is 1. The van der Waals surface area contributed by atoms with Crippen LogP contribution in [0.25, 0.3) is 0 Å². The van der Waals surface area contributed by atoms with Gasteiger partial charge in [-0.2, -0.15) is 0 Å². The molecule has 0 spiro atoms. The molecule has 1 heteroatoms. The van der Waals surface area contributed by atoms with Gasteiger partial charge in [-0.3, -0.25) is 0 Å². The van der Waals surface area contributed by atoms with Crippen molar-refractivity contribution in [2.45, 2.75) is 51.5 Å². The lowest BCUT2D eigenvalue weighted by Gasteiger charge is -2.21. The maximum Gasteiger partial charge on any atom is 0.0136 e. The number of rotatable bonds is 4. The first kappa shape index (κ1) is 11.7. The molecule has 88 valence electrons. The molecule has 2 rings (SSSR count). The van der Waals surface area contributed by atoms with Crippen LogP contribution in [0.2, 0.25) is 0 Å². The molecule has 0 heterocycles. The Labute approximate surface area is 99.3 Å². The Morgan fingerprint density at radius 2 is 1.94 bits per heavy atom. The van der Waals surface area contributed by atoms with Gasteiger partial charge in [0, 0.05) is 6.04 Å². The number of benzene rings is 1. The smallest absolute Gasteiger partial charge is 0.0136 e. The van der Waals surface area contributed by atoms with Gasteiger partial charge in [-0.25, -0.2) is 0 Å². The third-order valence-electron chi connectivity index (χ3n) is 3.68. The molecule has 0 aromatic heterocycles. The minimum atomic E-state index is 0.711. The summed E-state index contributed by atoms with van der Waals surface area (Å²) in [6, 6.07) is 9.81. The Morgan fingerprint density at radius 1 is 1.19 bits per heavy atom. The Morgan fingerprint density at radius 3 is 2.62 bits per heavy atom. The van der Waals surface area contributed by atoms with Gasteiger partial charge in [0.1, 0.15) is 0 Å². The van der Waals surface area contributed by atoms with Crippen LogP contribution in [0.5, 0.6) is 0 Å². The van der Waals surface area contributed by atoms with E-state index >= 15 is 0 Å². The topological polar surface area (TPSA) is 12.0 Å². The van der Waals surface area contributed by atoms with Crippen LogP contribution < -0.4 is 5.32 Å². The number of hydrogen-bond acceptors (Lipinski definition) is 1. The summed E-state index contributed by atoms with van der Waals surface area (Å²) in [5.41, 5.74) is 2.89. The second-order valence-electron chi connectivity index (χ2n) is 5.01. The van der Waals surface area contributed by atoms with Crippen LogP contribution >= 0.6 is 0 Å². The third kappa shape index (κ3) is 2.65. The highest BCUT2D eigenvalue weighted by atomic mass is 14.9. The van der Waals surface area contributed by atoms with Gasteiger partial charge in [0.15, 0.2) is 0 Å². The van der Waals surface area contributed by atoms with Crippen molar-refractivity contribution in [3.8, 4) is 0 Å². The highest BCUT2D eigenvalue weighted by molar-refractivity contribution is 5.26. The molecule has 1 aromatic carbocycles. The zero-order valence-electron chi connectivity index (χ0n) is 10.5. The average molecular weight is 217 g/mol. The SMILES string of the molecule is CCCNC1CCCC1c1ccc(C)cc1. The van der Waals surface area contributed by atoms with Crippen LogP contribution in [0.1, 0.15) is 49.7 Å². The van der Waals surface area contributed by atoms with Crippen LogP contribution in [0.4, 0.5) is 0 Å². The molecule has 0 bridgehead atoms. The molecule has 0 radical (unpaired) electrons. The lowest BCUT2D eigenvalue weighted by molar-refractivity contribution is 0.479. The van der Waals surface area contributed by atoms with E-state index in [4.69, 9.17) is 0 Å². The minimum absolute atomic E-state index is 0.711. The molecule has 16 heavy (non-hydrogen) atoms. The lowest BCUT2D eigenvalue weighted by atomic mass is 9.93. The van der Waals surface area contributed by atoms with Crippen molar-refractivity contribution < 1.29 is 0 Å². The van der Waals surface area contributed by atoms with Gasteiger partial charge in [-0.1, -0.05) is 43.2 Å². The molecule has 1 fully saturated rings. The van der Waals surface area contributed by atoms with Crippen LogP contribution in [0.3, 0.4) is 0 Å². The summed E-state index contributed by atoms with van der Waals surface area (Å²) < 4.78 is 0. The molecular weight excluding hydrogens is 194 g/mol. The quantitative estimate of drug-likeness (QED) is 0.812. The number of nitrogens with one attached hydrogen (secondary N) is 1. The Kier molecular flexibility index (Phi) is 4.00. The summed E-state index contributed by atoms with van der Waals surface area (Å²) >= 11 is 0. The summed E-state index contributed by atoms with van der Waals surface area (Å²) in [6.45, 7) is 5.56. The predicted octanol–water partition coefficient (Wildman–Crippen LogP) is 3.63. The van der Waals surface area contributed by atoms with Gasteiger partial charge >= 0.3 is 0 Å².